The minimum atomic E-state index is -0.767. The van der Waals surface area contributed by atoms with Crippen LogP contribution >= 0.6 is 34.2 Å². The maximum Gasteiger partial charge on any atom is 0.231 e. The molecule has 0 radical (unpaired) electrons. The first-order valence-corrected chi connectivity index (χ1v) is 8.44. The lowest BCUT2D eigenvalue weighted by Gasteiger charge is -2.30. The van der Waals surface area contributed by atoms with Crippen LogP contribution in [0.25, 0.3) is 0 Å². The molecule has 0 heterocycles. The van der Waals surface area contributed by atoms with Gasteiger partial charge in [-0.3, -0.25) is 9.69 Å². The van der Waals surface area contributed by atoms with Crippen LogP contribution in [0.2, 0.25) is 0 Å². The first kappa shape index (κ1) is 17.1. The van der Waals surface area contributed by atoms with Gasteiger partial charge in [0, 0.05) is 20.7 Å². The van der Waals surface area contributed by atoms with E-state index in [-0.39, 0.29) is 17.6 Å². The molecule has 0 saturated heterocycles. The summed E-state index contributed by atoms with van der Waals surface area (Å²) in [5.41, 5.74) is 0.454. The average molecular weight is 430 g/mol. The maximum atomic E-state index is 12.6. The molecule has 1 unspecified atom stereocenters. The van der Waals surface area contributed by atoms with E-state index < -0.39 is 5.50 Å². The molecule has 1 atom stereocenters. The smallest absolute Gasteiger partial charge is 0.231 e. The van der Waals surface area contributed by atoms with Gasteiger partial charge in [0.2, 0.25) is 5.91 Å². The number of phenols is 1. The van der Waals surface area contributed by atoms with Crippen molar-refractivity contribution >= 4 is 45.8 Å². The Balaban J connectivity index is 2.47. The Morgan fingerprint density at radius 2 is 1.73 bits per heavy atom. The predicted octanol–water partition coefficient (Wildman–Crippen LogP) is 4.92. The van der Waals surface area contributed by atoms with E-state index in [4.69, 9.17) is 11.6 Å². The van der Waals surface area contributed by atoms with Crippen LogP contribution in [0.1, 0.15) is 24.9 Å². The number of carbonyl (C=O) groups excluding carboxylic acids is 1. The summed E-state index contributed by atoms with van der Waals surface area (Å²) < 4.78 is 1.08. The van der Waals surface area contributed by atoms with Gasteiger partial charge in [-0.15, -0.1) is 0 Å². The van der Waals surface area contributed by atoms with Crippen LogP contribution < -0.4 is 4.90 Å². The lowest BCUT2D eigenvalue weighted by atomic mass is 10.1. The summed E-state index contributed by atoms with van der Waals surface area (Å²) in [5, 5.41) is 10.0. The number of carbonyl (C=O) groups is 1. The largest absolute Gasteiger partial charge is 0.508 e. The van der Waals surface area contributed by atoms with Gasteiger partial charge in [-0.1, -0.05) is 43.6 Å². The van der Waals surface area contributed by atoms with Gasteiger partial charge in [-0.2, -0.15) is 0 Å². The Labute approximate surface area is 149 Å². The quantitative estimate of drug-likeness (QED) is 0.426. The zero-order valence-electron chi connectivity index (χ0n) is 12.3. The van der Waals surface area contributed by atoms with Gasteiger partial charge < -0.3 is 5.11 Å². The second-order valence-electron chi connectivity index (χ2n) is 5.23. The second kappa shape index (κ2) is 7.33. The first-order chi connectivity index (χ1) is 10.4. The Morgan fingerprint density at radius 3 is 2.27 bits per heavy atom. The number of amides is 1. The molecule has 2 aromatic rings. The molecule has 2 aromatic carbocycles. The van der Waals surface area contributed by atoms with E-state index in [1.54, 1.807) is 24.3 Å². The number of rotatable bonds is 4. The summed E-state index contributed by atoms with van der Waals surface area (Å²) in [7, 11) is 0. The molecule has 0 aliphatic heterocycles. The molecule has 0 aliphatic rings. The van der Waals surface area contributed by atoms with Crippen molar-refractivity contribution in [3.63, 3.8) is 0 Å². The van der Waals surface area contributed by atoms with Gasteiger partial charge in [0.05, 0.1) is 0 Å². The molecule has 116 valence electrons. The highest BCUT2D eigenvalue weighted by Gasteiger charge is 2.28. The van der Waals surface area contributed by atoms with Gasteiger partial charge in [-0.05, 0) is 52.9 Å². The molecule has 0 aromatic heterocycles. The number of halogens is 2. The third-order valence-electron chi connectivity index (χ3n) is 3.26. The van der Waals surface area contributed by atoms with Crippen molar-refractivity contribution in [2.75, 3.05) is 4.90 Å². The minimum absolute atomic E-state index is 0.0783. The fraction of sp³-hybridized carbons (Fsp3) is 0.235. The van der Waals surface area contributed by atoms with Crippen LogP contribution in [-0.2, 0) is 4.79 Å². The number of hydrogen-bond acceptors (Lipinski definition) is 2. The molecule has 1 N–H and O–H groups in total. The monoisotopic (exact) mass is 429 g/mol. The number of alkyl halides is 1. The summed E-state index contributed by atoms with van der Waals surface area (Å²) >= 11 is 8.74. The Morgan fingerprint density at radius 1 is 1.14 bits per heavy atom. The van der Waals surface area contributed by atoms with Gasteiger partial charge in [0.15, 0.2) is 0 Å². The maximum absolute atomic E-state index is 12.6. The lowest BCUT2D eigenvalue weighted by molar-refractivity contribution is -0.121. The fourth-order valence-corrected chi connectivity index (χ4v) is 2.83. The SMILES string of the molecule is CC(C)C(=O)N(c1ccc(I)cc1)C(Cl)c1ccccc1O. The highest BCUT2D eigenvalue weighted by atomic mass is 127. The summed E-state index contributed by atoms with van der Waals surface area (Å²) in [6.45, 7) is 3.66. The van der Waals surface area contributed by atoms with E-state index in [1.807, 2.05) is 38.1 Å². The molecule has 2 rings (SSSR count). The standard InChI is InChI=1S/C17H17ClINO2/c1-11(2)17(22)20(13-9-7-12(19)8-10-13)16(18)14-5-3-4-6-15(14)21/h3-11,16,21H,1-2H3. The number of para-hydroxylation sites is 1. The normalized spacial score (nSPS) is 12.2. The summed E-state index contributed by atoms with van der Waals surface area (Å²) in [6.07, 6.45) is 0. The first-order valence-electron chi connectivity index (χ1n) is 6.92. The van der Waals surface area contributed by atoms with E-state index in [1.165, 1.54) is 4.90 Å². The van der Waals surface area contributed by atoms with Crippen LogP contribution in [0.5, 0.6) is 5.75 Å². The fourth-order valence-electron chi connectivity index (χ4n) is 2.08. The molecule has 0 aliphatic carbocycles. The topological polar surface area (TPSA) is 40.5 Å². The van der Waals surface area contributed by atoms with E-state index in [2.05, 4.69) is 22.6 Å². The highest BCUT2D eigenvalue weighted by Crippen LogP contribution is 2.36. The van der Waals surface area contributed by atoms with Crippen molar-refractivity contribution in [2.45, 2.75) is 19.3 Å². The van der Waals surface area contributed by atoms with Crippen molar-refractivity contribution in [1.29, 1.82) is 0 Å². The number of aromatic hydroxyl groups is 1. The van der Waals surface area contributed by atoms with Crippen molar-refractivity contribution in [3.8, 4) is 5.75 Å². The molecule has 0 saturated carbocycles. The summed E-state index contributed by atoms with van der Waals surface area (Å²) in [4.78, 5) is 14.1. The molecule has 0 fully saturated rings. The zero-order valence-corrected chi connectivity index (χ0v) is 15.2. The molecular formula is C17H17ClINO2. The molecule has 5 heteroatoms. The molecule has 3 nitrogen and oxygen atoms in total. The Hall–Kier alpha value is -1.27. The zero-order chi connectivity index (χ0) is 16.3. The van der Waals surface area contributed by atoms with Gasteiger partial charge in [0.25, 0.3) is 0 Å². The third-order valence-corrected chi connectivity index (χ3v) is 4.41. The predicted molar refractivity (Wildman–Crippen MR) is 98.2 cm³/mol. The number of phenolic OH excluding ortho intramolecular Hbond substituents is 1. The minimum Gasteiger partial charge on any atom is -0.508 e. The van der Waals surface area contributed by atoms with Gasteiger partial charge in [0.1, 0.15) is 11.3 Å². The van der Waals surface area contributed by atoms with E-state index >= 15 is 0 Å². The van der Waals surface area contributed by atoms with Crippen LogP contribution in [0.15, 0.2) is 48.5 Å². The van der Waals surface area contributed by atoms with E-state index in [9.17, 15) is 9.90 Å². The number of benzene rings is 2. The van der Waals surface area contributed by atoms with E-state index in [0.29, 0.717) is 11.3 Å². The number of anilines is 1. The molecule has 22 heavy (non-hydrogen) atoms. The Kier molecular flexibility index (Phi) is 5.69. The van der Waals surface area contributed by atoms with Crippen molar-refractivity contribution < 1.29 is 9.90 Å². The molecule has 0 spiro atoms. The highest BCUT2D eigenvalue weighted by molar-refractivity contribution is 14.1. The summed E-state index contributed by atoms with van der Waals surface area (Å²) in [5.74, 6) is -0.217. The van der Waals surface area contributed by atoms with Crippen molar-refractivity contribution in [3.05, 3.63) is 57.7 Å². The van der Waals surface area contributed by atoms with Gasteiger partial charge >= 0.3 is 0 Å². The van der Waals surface area contributed by atoms with Crippen molar-refractivity contribution in [1.82, 2.24) is 0 Å². The lowest BCUT2D eigenvalue weighted by Crippen LogP contribution is -2.35. The van der Waals surface area contributed by atoms with Crippen molar-refractivity contribution in [2.24, 2.45) is 5.92 Å². The van der Waals surface area contributed by atoms with Gasteiger partial charge in [-0.25, -0.2) is 0 Å². The van der Waals surface area contributed by atoms with Crippen LogP contribution in [-0.4, -0.2) is 11.0 Å². The average Bonchev–Trinajstić information content (AvgIpc) is 2.49. The second-order valence-corrected chi connectivity index (χ2v) is 6.89. The van der Waals surface area contributed by atoms with E-state index in [0.717, 1.165) is 3.57 Å². The molecule has 0 bridgehead atoms. The van der Waals surface area contributed by atoms with Crippen LogP contribution in [0.3, 0.4) is 0 Å². The summed E-state index contributed by atoms with van der Waals surface area (Å²) in [6, 6.07) is 14.4. The molecule has 1 amide bonds. The Bertz CT molecular complexity index is 658. The van der Waals surface area contributed by atoms with Crippen LogP contribution in [0.4, 0.5) is 5.69 Å². The number of nitrogens with zero attached hydrogens (tertiary/aromatic N) is 1. The van der Waals surface area contributed by atoms with Crippen LogP contribution in [0, 0.1) is 9.49 Å². The third kappa shape index (κ3) is 3.73. The molecular weight excluding hydrogens is 413 g/mol. The number of hydrogen-bond donors (Lipinski definition) is 1.